The van der Waals surface area contributed by atoms with Crippen LogP contribution in [0.3, 0.4) is 0 Å². The van der Waals surface area contributed by atoms with Crippen molar-refractivity contribution >= 4 is 46.3 Å². The predicted molar refractivity (Wildman–Crippen MR) is 135 cm³/mol. The topological polar surface area (TPSA) is 160 Å². The third-order valence-corrected chi connectivity index (χ3v) is 7.36. The van der Waals surface area contributed by atoms with E-state index in [9.17, 15) is 37.1 Å². The van der Waals surface area contributed by atoms with Crippen LogP contribution in [0.5, 0.6) is 0 Å². The standard InChI is InChI=1S/C25H30F3N7O5/c1-12(2)9-16(33(4)20(37)13(3)30-23(40)25(26,27)28)21(38)34-11-24(10-17(34)18(29)36)22(39)31-19-14-7-5-6-8-15(14)32-35(19)24/h5-8,12-13,16-17H,9-11H2,1-4H3,(H2,29,36)(H,30,40)(H,31,39)/t13-,16-,17-,24+/m0/s1. The predicted octanol–water partition coefficient (Wildman–Crippen LogP) is 0.710. The van der Waals surface area contributed by atoms with Crippen LogP contribution in [0.25, 0.3) is 10.9 Å². The molecule has 15 heteroatoms. The van der Waals surface area contributed by atoms with Gasteiger partial charge in [0.15, 0.2) is 5.54 Å². The zero-order valence-corrected chi connectivity index (χ0v) is 22.3. The number of halogens is 3. The van der Waals surface area contributed by atoms with E-state index in [1.54, 1.807) is 43.4 Å². The molecule has 3 heterocycles. The summed E-state index contributed by atoms with van der Waals surface area (Å²) in [6.45, 7) is 4.35. The van der Waals surface area contributed by atoms with Crippen LogP contribution in [0.15, 0.2) is 24.3 Å². The maximum Gasteiger partial charge on any atom is 0.471 e. The number of likely N-dealkylation sites (tertiary alicyclic amines) is 1. The molecule has 0 aliphatic carbocycles. The molecule has 2 aliphatic rings. The first-order chi connectivity index (χ1) is 18.6. The number of hydrogen-bond donors (Lipinski definition) is 3. The average molecular weight is 566 g/mol. The van der Waals surface area contributed by atoms with Gasteiger partial charge in [0.05, 0.1) is 12.1 Å². The number of aromatic nitrogens is 2. The number of nitrogens with one attached hydrogen (secondary N) is 2. The number of primary amides is 1. The molecule has 5 amide bonds. The van der Waals surface area contributed by atoms with Gasteiger partial charge < -0.3 is 26.2 Å². The Morgan fingerprint density at radius 3 is 2.48 bits per heavy atom. The summed E-state index contributed by atoms with van der Waals surface area (Å²) >= 11 is 0. The highest BCUT2D eigenvalue weighted by Crippen LogP contribution is 2.43. The number of hydrogen-bond acceptors (Lipinski definition) is 6. The molecule has 2 aromatic rings. The Balaban J connectivity index is 1.66. The van der Waals surface area contributed by atoms with E-state index in [2.05, 4.69) is 10.4 Å². The van der Waals surface area contributed by atoms with Crippen LogP contribution in [0.1, 0.15) is 33.6 Å². The minimum Gasteiger partial charge on any atom is -0.368 e. The Morgan fingerprint density at radius 1 is 1.23 bits per heavy atom. The van der Waals surface area contributed by atoms with Crippen molar-refractivity contribution in [3.63, 3.8) is 0 Å². The molecule has 40 heavy (non-hydrogen) atoms. The van der Waals surface area contributed by atoms with Gasteiger partial charge in [-0.15, -0.1) is 0 Å². The quantitative estimate of drug-likeness (QED) is 0.448. The molecule has 4 atom stereocenters. The zero-order valence-electron chi connectivity index (χ0n) is 22.3. The van der Waals surface area contributed by atoms with E-state index < -0.39 is 59.4 Å². The van der Waals surface area contributed by atoms with E-state index >= 15 is 0 Å². The SMILES string of the molecule is CC(C)C[C@@H](C(=O)N1C[C@]2(C[C@H]1C(N)=O)C(=O)Nc1c3ccccc3nn12)N(C)C(=O)[C@H](C)NC(=O)C(F)(F)F. The largest absolute Gasteiger partial charge is 0.471 e. The van der Waals surface area contributed by atoms with Gasteiger partial charge in [0, 0.05) is 18.9 Å². The minimum absolute atomic E-state index is 0.0824. The molecule has 1 spiro atoms. The van der Waals surface area contributed by atoms with Crippen molar-refractivity contribution < 1.29 is 37.1 Å². The molecule has 4 rings (SSSR count). The van der Waals surface area contributed by atoms with Crippen LogP contribution >= 0.6 is 0 Å². The van der Waals surface area contributed by atoms with Crippen LogP contribution in [0, 0.1) is 5.92 Å². The number of nitrogens with two attached hydrogens (primary N) is 1. The molecule has 0 radical (unpaired) electrons. The summed E-state index contributed by atoms with van der Waals surface area (Å²) in [7, 11) is 1.23. The van der Waals surface area contributed by atoms with E-state index in [0.29, 0.717) is 16.7 Å². The Hall–Kier alpha value is -4.17. The Labute approximate surface area is 227 Å². The highest BCUT2D eigenvalue weighted by molar-refractivity contribution is 6.09. The first-order valence-electron chi connectivity index (χ1n) is 12.6. The first kappa shape index (κ1) is 28.8. The maximum absolute atomic E-state index is 14.0. The summed E-state index contributed by atoms with van der Waals surface area (Å²) in [5, 5.41) is 9.60. The molecule has 0 unspecified atom stereocenters. The second kappa shape index (κ2) is 10.1. The van der Waals surface area contributed by atoms with Crippen LogP contribution < -0.4 is 16.4 Å². The Morgan fingerprint density at radius 2 is 1.88 bits per heavy atom. The minimum atomic E-state index is -5.20. The summed E-state index contributed by atoms with van der Waals surface area (Å²) < 4.78 is 39.6. The van der Waals surface area contributed by atoms with Gasteiger partial charge in [-0.1, -0.05) is 26.0 Å². The highest BCUT2D eigenvalue weighted by atomic mass is 19.4. The number of alkyl halides is 3. The van der Waals surface area contributed by atoms with Crippen LogP contribution in [0.2, 0.25) is 0 Å². The second-order valence-electron chi connectivity index (χ2n) is 10.6. The molecule has 216 valence electrons. The lowest BCUT2D eigenvalue weighted by Crippen LogP contribution is -2.57. The number of fused-ring (bicyclic) bond motifs is 4. The second-order valence-corrected chi connectivity index (χ2v) is 10.6. The highest BCUT2D eigenvalue weighted by Gasteiger charge is 2.59. The van der Waals surface area contributed by atoms with Crippen LogP contribution in [-0.4, -0.2) is 87.0 Å². The lowest BCUT2D eigenvalue weighted by atomic mass is 9.96. The zero-order chi connectivity index (χ0) is 29.7. The van der Waals surface area contributed by atoms with Crippen LogP contribution in [0.4, 0.5) is 19.0 Å². The molecule has 0 bridgehead atoms. The van der Waals surface area contributed by atoms with Crippen molar-refractivity contribution in [2.24, 2.45) is 11.7 Å². The van der Waals surface area contributed by atoms with E-state index in [0.717, 1.165) is 16.7 Å². The Bertz CT molecular complexity index is 1390. The smallest absolute Gasteiger partial charge is 0.368 e. The number of likely N-dealkylation sites (N-methyl/N-ethyl adjacent to an activating group) is 1. The summed E-state index contributed by atoms with van der Waals surface area (Å²) in [6.07, 6.45) is -5.28. The summed E-state index contributed by atoms with van der Waals surface area (Å²) in [5.41, 5.74) is 4.82. The first-order valence-corrected chi connectivity index (χ1v) is 12.6. The normalized spacial score (nSPS) is 21.9. The molecule has 1 aromatic carbocycles. The van der Waals surface area contributed by atoms with Gasteiger partial charge in [-0.05, 0) is 31.4 Å². The third-order valence-electron chi connectivity index (χ3n) is 7.36. The number of nitrogens with zero attached hydrogens (tertiary/aromatic N) is 4. The number of amides is 5. The van der Waals surface area contributed by atoms with Crippen molar-refractivity contribution in [1.29, 1.82) is 0 Å². The molecular formula is C25H30F3N7O5. The van der Waals surface area contributed by atoms with Crippen molar-refractivity contribution in [3.05, 3.63) is 24.3 Å². The fraction of sp³-hybridized carbons (Fsp3) is 0.520. The van der Waals surface area contributed by atoms with Gasteiger partial charge in [0.1, 0.15) is 23.9 Å². The van der Waals surface area contributed by atoms with Crippen LogP contribution in [-0.2, 0) is 29.5 Å². The third kappa shape index (κ3) is 4.84. The lowest BCUT2D eigenvalue weighted by Gasteiger charge is -2.35. The van der Waals surface area contributed by atoms with Gasteiger partial charge in [-0.3, -0.25) is 24.0 Å². The molecule has 1 saturated heterocycles. The average Bonchev–Trinajstić information content (AvgIpc) is 3.53. The molecule has 12 nitrogen and oxygen atoms in total. The number of carbonyl (C=O) groups is 5. The summed E-state index contributed by atoms with van der Waals surface area (Å²) in [4.78, 5) is 66.3. The molecule has 0 saturated carbocycles. The van der Waals surface area contributed by atoms with Crippen molar-refractivity contribution in [1.82, 2.24) is 24.9 Å². The summed E-state index contributed by atoms with van der Waals surface area (Å²) in [6, 6.07) is 3.03. The van der Waals surface area contributed by atoms with Gasteiger partial charge in [-0.25, -0.2) is 4.68 Å². The fourth-order valence-electron chi connectivity index (χ4n) is 5.34. The Kier molecular flexibility index (Phi) is 7.28. The lowest BCUT2D eigenvalue weighted by molar-refractivity contribution is -0.175. The van der Waals surface area contributed by atoms with E-state index in [-0.39, 0.29) is 25.3 Å². The number of anilines is 1. The van der Waals surface area contributed by atoms with Crippen molar-refractivity contribution in [2.75, 3.05) is 18.9 Å². The molecular weight excluding hydrogens is 535 g/mol. The van der Waals surface area contributed by atoms with Crippen molar-refractivity contribution in [2.45, 2.75) is 63.5 Å². The van der Waals surface area contributed by atoms with Gasteiger partial charge in [0.25, 0.3) is 5.91 Å². The molecule has 1 aromatic heterocycles. The molecule has 4 N–H and O–H groups in total. The number of carbonyl (C=O) groups excluding carboxylic acids is 5. The van der Waals surface area contributed by atoms with E-state index in [4.69, 9.17) is 5.73 Å². The number of rotatable bonds is 7. The molecule has 2 aliphatic heterocycles. The monoisotopic (exact) mass is 565 g/mol. The van der Waals surface area contributed by atoms with Gasteiger partial charge >= 0.3 is 12.1 Å². The summed E-state index contributed by atoms with van der Waals surface area (Å²) in [5.74, 6) is -5.04. The van der Waals surface area contributed by atoms with Gasteiger partial charge in [-0.2, -0.15) is 18.3 Å². The molecule has 1 fully saturated rings. The fourth-order valence-corrected chi connectivity index (χ4v) is 5.34. The van der Waals surface area contributed by atoms with E-state index in [1.165, 1.54) is 11.7 Å². The van der Waals surface area contributed by atoms with Gasteiger partial charge in [0.2, 0.25) is 17.7 Å². The van der Waals surface area contributed by atoms with Crippen molar-refractivity contribution in [3.8, 4) is 0 Å². The number of benzene rings is 1. The van der Waals surface area contributed by atoms with E-state index in [1.807, 2.05) is 0 Å². The maximum atomic E-state index is 14.0.